The Morgan fingerprint density at radius 3 is 2.50 bits per heavy atom. The van der Waals surface area contributed by atoms with Crippen molar-refractivity contribution < 1.29 is 23.9 Å². The highest BCUT2D eigenvalue weighted by atomic mass is 16.6. The first-order valence-electron chi connectivity index (χ1n) is 6.65. The molecule has 0 atom stereocenters. The van der Waals surface area contributed by atoms with Crippen LogP contribution in [-0.4, -0.2) is 30.2 Å². The van der Waals surface area contributed by atoms with Crippen molar-refractivity contribution in [2.45, 2.75) is 26.4 Å². The summed E-state index contributed by atoms with van der Waals surface area (Å²) < 4.78 is 15.7. The van der Waals surface area contributed by atoms with Crippen LogP contribution in [0.4, 0.5) is 0 Å². The Labute approximate surface area is 128 Å². The minimum atomic E-state index is -1.19. The van der Waals surface area contributed by atoms with Gasteiger partial charge in [0.2, 0.25) is 6.20 Å². The van der Waals surface area contributed by atoms with Crippen molar-refractivity contribution in [3.05, 3.63) is 40.1 Å². The molecule has 1 aromatic rings. The second kappa shape index (κ2) is 7.44. The summed E-state index contributed by atoms with van der Waals surface area (Å²) in [6.07, 6.45) is 2.13. The summed E-state index contributed by atoms with van der Waals surface area (Å²) in [6, 6.07) is 4.78. The molecule has 0 amide bonds. The minimum Gasteiger partial charge on any atom is -0.497 e. The lowest BCUT2D eigenvalue weighted by Crippen LogP contribution is -2.39. The number of nitro groups is 1. The summed E-state index contributed by atoms with van der Waals surface area (Å²) in [5.74, 6) is 0.306. The van der Waals surface area contributed by atoms with E-state index >= 15 is 0 Å². The number of benzene rings is 1. The molecule has 1 rings (SSSR count). The number of rotatable bonds is 7. The highest BCUT2D eigenvalue weighted by Crippen LogP contribution is 2.27. The summed E-state index contributed by atoms with van der Waals surface area (Å²) in [6.45, 7) is 5.12. The molecule has 0 spiro atoms. The van der Waals surface area contributed by atoms with Crippen LogP contribution in [0.15, 0.2) is 24.4 Å². The summed E-state index contributed by atoms with van der Waals surface area (Å²) >= 11 is 0. The molecule has 0 saturated carbocycles. The van der Waals surface area contributed by atoms with Crippen molar-refractivity contribution in [2.75, 3.05) is 13.7 Å². The van der Waals surface area contributed by atoms with Gasteiger partial charge < -0.3 is 14.2 Å². The van der Waals surface area contributed by atoms with Crippen molar-refractivity contribution in [3.63, 3.8) is 0 Å². The third-order valence-electron chi connectivity index (χ3n) is 2.67. The summed E-state index contributed by atoms with van der Waals surface area (Å²) in [5, 5.41) is 10.4. The standard InChI is InChI=1S/C15H19NO6/c1-5-21-14(17)15(2,3)22-13-9-11(6-7-16(18)19)8-12(10-13)20-4/h6-10H,5H2,1-4H3/b7-6+. The second-order valence-corrected chi connectivity index (χ2v) is 4.88. The predicted octanol–water partition coefficient (Wildman–Crippen LogP) is 2.66. The fourth-order valence-electron chi connectivity index (χ4n) is 1.65. The van der Waals surface area contributed by atoms with Gasteiger partial charge in [0.25, 0.3) is 0 Å². The van der Waals surface area contributed by atoms with Crippen LogP contribution in [-0.2, 0) is 9.53 Å². The van der Waals surface area contributed by atoms with E-state index in [0.717, 1.165) is 6.20 Å². The first-order chi connectivity index (χ1) is 10.3. The highest BCUT2D eigenvalue weighted by Gasteiger charge is 2.31. The number of hydrogen-bond donors (Lipinski definition) is 0. The van der Waals surface area contributed by atoms with Crippen molar-refractivity contribution in [1.82, 2.24) is 0 Å². The molecule has 7 heteroatoms. The molecule has 0 radical (unpaired) electrons. The number of nitrogens with zero attached hydrogens (tertiary/aromatic N) is 1. The van der Waals surface area contributed by atoms with Crippen molar-refractivity contribution >= 4 is 12.0 Å². The lowest BCUT2D eigenvalue weighted by molar-refractivity contribution is -0.400. The van der Waals surface area contributed by atoms with Crippen LogP contribution in [0.25, 0.3) is 6.08 Å². The van der Waals surface area contributed by atoms with Crippen LogP contribution in [0.1, 0.15) is 26.3 Å². The fourth-order valence-corrected chi connectivity index (χ4v) is 1.65. The molecular formula is C15H19NO6. The van der Waals surface area contributed by atoms with Gasteiger partial charge in [0, 0.05) is 12.1 Å². The Kier molecular flexibility index (Phi) is 5.91. The van der Waals surface area contributed by atoms with E-state index in [2.05, 4.69) is 0 Å². The van der Waals surface area contributed by atoms with Crippen molar-refractivity contribution in [1.29, 1.82) is 0 Å². The quantitative estimate of drug-likeness (QED) is 0.437. The van der Waals surface area contributed by atoms with Crippen molar-refractivity contribution in [3.8, 4) is 11.5 Å². The molecule has 0 unspecified atom stereocenters. The average Bonchev–Trinajstić information content (AvgIpc) is 2.44. The number of carbonyl (C=O) groups excluding carboxylic acids is 1. The molecule has 0 heterocycles. The molecule has 0 aromatic heterocycles. The number of ether oxygens (including phenoxy) is 3. The van der Waals surface area contributed by atoms with Crippen LogP contribution >= 0.6 is 0 Å². The van der Waals surface area contributed by atoms with Gasteiger partial charge in [0.05, 0.1) is 18.6 Å². The van der Waals surface area contributed by atoms with Gasteiger partial charge in [-0.3, -0.25) is 10.1 Å². The number of esters is 1. The van der Waals surface area contributed by atoms with E-state index in [0.29, 0.717) is 17.1 Å². The van der Waals surface area contributed by atoms with E-state index in [9.17, 15) is 14.9 Å². The maximum absolute atomic E-state index is 11.8. The van der Waals surface area contributed by atoms with E-state index in [1.165, 1.54) is 13.2 Å². The zero-order chi connectivity index (χ0) is 16.8. The van der Waals surface area contributed by atoms with E-state index in [4.69, 9.17) is 14.2 Å². The summed E-state index contributed by atoms with van der Waals surface area (Å²) in [7, 11) is 1.47. The third-order valence-corrected chi connectivity index (χ3v) is 2.67. The Balaban J connectivity index is 3.05. The number of methoxy groups -OCH3 is 1. The molecule has 0 aliphatic heterocycles. The van der Waals surface area contributed by atoms with Gasteiger partial charge in [0.15, 0.2) is 5.60 Å². The molecule has 0 N–H and O–H groups in total. The minimum absolute atomic E-state index is 0.251. The molecule has 0 saturated heterocycles. The smallest absolute Gasteiger partial charge is 0.349 e. The first kappa shape index (κ1) is 17.5. The monoisotopic (exact) mass is 309 g/mol. The van der Waals surface area contributed by atoms with Gasteiger partial charge >= 0.3 is 5.97 Å². The molecule has 1 aromatic carbocycles. The van der Waals surface area contributed by atoms with E-state index < -0.39 is 16.5 Å². The van der Waals surface area contributed by atoms with Gasteiger partial charge in [-0.15, -0.1) is 0 Å². The van der Waals surface area contributed by atoms with Gasteiger partial charge in [-0.25, -0.2) is 4.79 Å². The molecule has 0 aliphatic carbocycles. The Bertz CT molecular complexity index is 579. The maximum atomic E-state index is 11.8. The Morgan fingerprint density at radius 2 is 1.95 bits per heavy atom. The molecule has 7 nitrogen and oxygen atoms in total. The van der Waals surface area contributed by atoms with E-state index in [1.807, 2.05) is 0 Å². The average molecular weight is 309 g/mol. The number of carbonyl (C=O) groups is 1. The SMILES string of the molecule is CCOC(=O)C(C)(C)Oc1cc(/C=C/[N+](=O)[O-])cc(OC)c1. The third kappa shape index (κ3) is 5.08. The van der Waals surface area contributed by atoms with Gasteiger partial charge in [-0.2, -0.15) is 0 Å². The Hall–Kier alpha value is -2.57. The van der Waals surface area contributed by atoms with Crippen LogP contribution in [0.3, 0.4) is 0 Å². The maximum Gasteiger partial charge on any atom is 0.349 e. The molecule has 0 bridgehead atoms. The Morgan fingerprint density at radius 1 is 1.32 bits per heavy atom. The van der Waals surface area contributed by atoms with Crippen LogP contribution in [0, 0.1) is 10.1 Å². The normalized spacial score (nSPS) is 11.3. The molecular weight excluding hydrogens is 290 g/mol. The van der Waals surface area contributed by atoms with E-state index in [-0.39, 0.29) is 6.61 Å². The summed E-state index contributed by atoms with van der Waals surface area (Å²) in [4.78, 5) is 21.7. The van der Waals surface area contributed by atoms with Crippen LogP contribution < -0.4 is 9.47 Å². The number of hydrogen-bond acceptors (Lipinski definition) is 6. The van der Waals surface area contributed by atoms with Gasteiger partial charge in [0.1, 0.15) is 11.5 Å². The molecule has 0 aliphatic rings. The van der Waals surface area contributed by atoms with E-state index in [1.54, 1.807) is 39.0 Å². The van der Waals surface area contributed by atoms with Gasteiger partial charge in [-0.05, 0) is 38.5 Å². The van der Waals surface area contributed by atoms with Crippen LogP contribution in [0.5, 0.6) is 11.5 Å². The van der Waals surface area contributed by atoms with Crippen molar-refractivity contribution in [2.24, 2.45) is 0 Å². The van der Waals surface area contributed by atoms with Gasteiger partial charge in [-0.1, -0.05) is 0 Å². The highest BCUT2D eigenvalue weighted by molar-refractivity contribution is 5.79. The molecule has 22 heavy (non-hydrogen) atoms. The van der Waals surface area contributed by atoms with Crippen LogP contribution in [0.2, 0.25) is 0 Å². The zero-order valence-electron chi connectivity index (χ0n) is 13.0. The molecule has 0 fully saturated rings. The lowest BCUT2D eigenvalue weighted by atomic mass is 10.1. The topological polar surface area (TPSA) is 87.9 Å². The lowest BCUT2D eigenvalue weighted by Gasteiger charge is -2.24. The predicted molar refractivity (Wildman–Crippen MR) is 80.4 cm³/mol. The summed E-state index contributed by atoms with van der Waals surface area (Å²) in [5.41, 5.74) is -0.669. The fraction of sp³-hybridized carbons (Fsp3) is 0.400. The largest absolute Gasteiger partial charge is 0.497 e. The zero-order valence-corrected chi connectivity index (χ0v) is 13.0. The first-order valence-corrected chi connectivity index (χ1v) is 6.65. The second-order valence-electron chi connectivity index (χ2n) is 4.88. The molecule has 120 valence electrons.